The third-order valence-electron chi connectivity index (χ3n) is 2.68. The van der Waals surface area contributed by atoms with Crippen molar-refractivity contribution in [3.8, 4) is 5.75 Å². The lowest BCUT2D eigenvalue weighted by Gasteiger charge is -2.08. The standard InChI is InChI=1S/C14H17N3O/c1-2-5-12-8-14(17-10-16-12)15-9-11-6-3-4-7-13(11)18/h3-4,6-8,10,18H,2,5,9H2,1H3,(H,15,16,17). The maximum atomic E-state index is 9.65. The third kappa shape index (κ3) is 3.20. The Morgan fingerprint density at radius 2 is 2.06 bits per heavy atom. The summed E-state index contributed by atoms with van der Waals surface area (Å²) in [4.78, 5) is 8.36. The molecule has 0 radical (unpaired) electrons. The predicted octanol–water partition coefficient (Wildman–Crippen LogP) is 2.75. The van der Waals surface area contributed by atoms with E-state index in [9.17, 15) is 5.11 Å². The minimum absolute atomic E-state index is 0.299. The normalized spacial score (nSPS) is 10.3. The van der Waals surface area contributed by atoms with E-state index in [1.165, 1.54) is 0 Å². The number of phenolic OH excluding ortho intramolecular Hbond substituents is 1. The highest BCUT2D eigenvalue weighted by atomic mass is 16.3. The van der Waals surface area contributed by atoms with Gasteiger partial charge in [0.25, 0.3) is 0 Å². The molecule has 1 heterocycles. The van der Waals surface area contributed by atoms with Crippen molar-refractivity contribution in [2.75, 3.05) is 5.32 Å². The maximum absolute atomic E-state index is 9.65. The van der Waals surface area contributed by atoms with Gasteiger partial charge in [-0.2, -0.15) is 0 Å². The fourth-order valence-corrected chi connectivity index (χ4v) is 1.73. The highest BCUT2D eigenvalue weighted by molar-refractivity contribution is 5.39. The molecule has 18 heavy (non-hydrogen) atoms. The molecule has 0 aliphatic rings. The number of aromatic hydroxyl groups is 1. The number of hydrogen-bond acceptors (Lipinski definition) is 4. The van der Waals surface area contributed by atoms with Crippen LogP contribution in [0.1, 0.15) is 24.6 Å². The molecular weight excluding hydrogens is 226 g/mol. The molecule has 0 aliphatic carbocycles. The molecule has 0 spiro atoms. The number of rotatable bonds is 5. The van der Waals surface area contributed by atoms with Gasteiger partial charge in [0.15, 0.2) is 0 Å². The van der Waals surface area contributed by atoms with Crippen LogP contribution in [-0.4, -0.2) is 15.1 Å². The van der Waals surface area contributed by atoms with E-state index < -0.39 is 0 Å². The van der Waals surface area contributed by atoms with E-state index in [0.717, 1.165) is 29.9 Å². The Balaban J connectivity index is 2.02. The first-order chi connectivity index (χ1) is 8.79. The Bertz CT molecular complexity index is 514. The quantitative estimate of drug-likeness (QED) is 0.847. The molecule has 0 aliphatic heterocycles. The van der Waals surface area contributed by atoms with E-state index >= 15 is 0 Å². The number of nitrogens with one attached hydrogen (secondary N) is 1. The van der Waals surface area contributed by atoms with Crippen LogP contribution in [0.4, 0.5) is 5.82 Å². The van der Waals surface area contributed by atoms with E-state index in [4.69, 9.17) is 0 Å². The summed E-state index contributed by atoms with van der Waals surface area (Å²) in [6, 6.07) is 9.22. The summed E-state index contributed by atoms with van der Waals surface area (Å²) < 4.78 is 0. The van der Waals surface area contributed by atoms with Crippen LogP contribution in [0.2, 0.25) is 0 Å². The number of para-hydroxylation sites is 1. The van der Waals surface area contributed by atoms with Gasteiger partial charge in [0, 0.05) is 23.9 Å². The Morgan fingerprint density at radius 3 is 2.83 bits per heavy atom. The third-order valence-corrected chi connectivity index (χ3v) is 2.68. The van der Waals surface area contributed by atoms with Gasteiger partial charge in [-0.3, -0.25) is 0 Å². The molecule has 2 N–H and O–H groups in total. The van der Waals surface area contributed by atoms with Crippen LogP contribution in [0, 0.1) is 0 Å². The Morgan fingerprint density at radius 1 is 1.22 bits per heavy atom. The van der Waals surface area contributed by atoms with Crippen molar-refractivity contribution < 1.29 is 5.11 Å². The summed E-state index contributed by atoms with van der Waals surface area (Å²) in [6.45, 7) is 2.67. The SMILES string of the molecule is CCCc1cc(NCc2ccccc2O)ncn1. The largest absolute Gasteiger partial charge is 0.508 e. The molecule has 0 fully saturated rings. The molecule has 2 rings (SSSR count). The van der Waals surface area contributed by atoms with E-state index in [1.54, 1.807) is 12.4 Å². The van der Waals surface area contributed by atoms with Gasteiger partial charge >= 0.3 is 0 Å². The highest BCUT2D eigenvalue weighted by Crippen LogP contribution is 2.17. The fraction of sp³-hybridized carbons (Fsp3) is 0.286. The van der Waals surface area contributed by atoms with Crippen LogP contribution in [0.25, 0.3) is 0 Å². The van der Waals surface area contributed by atoms with Crippen molar-refractivity contribution >= 4 is 5.82 Å². The second kappa shape index (κ2) is 6.00. The lowest BCUT2D eigenvalue weighted by molar-refractivity contribution is 0.469. The van der Waals surface area contributed by atoms with Crippen molar-refractivity contribution in [2.24, 2.45) is 0 Å². The number of phenols is 1. The molecule has 0 atom stereocenters. The zero-order valence-corrected chi connectivity index (χ0v) is 10.4. The minimum Gasteiger partial charge on any atom is -0.508 e. The van der Waals surface area contributed by atoms with E-state index in [0.29, 0.717) is 12.3 Å². The molecular formula is C14H17N3O. The van der Waals surface area contributed by atoms with Gasteiger partial charge in [-0.1, -0.05) is 31.5 Å². The van der Waals surface area contributed by atoms with Gasteiger partial charge in [-0.05, 0) is 12.5 Å². The second-order valence-corrected chi connectivity index (χ2v) is 4.13. The van der Waals surface area contributed by atoms with Crippen LogP contribution in [0.15, 0.2) is 36.7 Å². The number of aryl methyl sites for hydroxylation is 1. The van der Waals surface area contributed by atoms with Gasteiger partial charge in [-0.25, -0.2) is 9.97 Å². The van der Waals surface area contributed by atoms with Crippen LogP contribution >= 0.6 is 0 Å². The molecule has 0 unspecified atom stereocenters. The van der Waals surface area contributed by atoms with Crippen LogP contribution in [0.5, 0.6) is 5.75 Å². The molecule has 0 amide bonds. The molecule has 4 nitrogen and oxygen atoms in total. The molecule has 94 valence electrons. The van der Waals surface area contributed by atoms with Crippen molar-refractivity contribution in [3.63, 3.8) is 0 Å². The summed E-state index contributed by atoms with van der Waals surface area (Å²) in [5.41, 5.74) is 1.89. The number of aromatic nitrogens is 2. The lowest BCUT2D eigenvalue weighted by atomic mass is 10.2. The summed E-state index contributed by atoms with van der Waals surface area (Å²) >= 11 is 0. The first-order valence-electron chi connectivity index (χ1n) is 6.11. The van der Waals surface area contributed by atoms with E-state index in [1.807, 2.05) is 24.3 Å². The summed E-state index contributed by atoms with van der Waals surface area (Å²) in [7, 11) is 0. The smallest absolute Gasteiger partial charge is 0.129 e. The average Bonchev–Trinajstić information content (AvgIpc) is 2.39. The Hall–Kier alpha value is -2.10. The Kier molecular flexibility index (Phi) is 4.12. The number of hydrogen-bond donors (Lipinski definition) is 2. The van der Waals surface area contributed by atoms with Crippen molar-refractivity contribution in [2.45, 2.75) is 26.3 Å². The van der Waals surface area contributed by atoms with Gasteiger partial charge in [0.05, 0.1) is 0 Å². The molecule has 1 aromatic carbocycles. The van der Waals surface area contributed by atoms with Crippen LogP contribution in [0.3, 0.4) is 0 Å². The van der Waals surface area contributed by atoms with Gasteiger partial charge in [-0.15, -0.1) is 0 Å². The lowest BCUT2D eigenvalue weighted by Crippen LogP contribution is -2.03. The van der Waals surface area contributed by atoms with Crippen molar-refractivity contribution in [1.82, 2.24) is 9.97 Å². The average molecular weight is 243 g/mol. The monoisotopic (exact) mass is 243 g/mol. The Labute approximate surface area is 107 Å². The topological polar surface area (TPSA) is 58.0 Å². The first kappa shape index (κ1) is 12.4. The summed E-state index contributed by atoms with van der Waals surface area (Å²) in [5, 5.41) is 12.8. The molecule has 4 heteroatoms. The predicted molar refractivity (Wildman–Crippen MR) is 71.5 cm³/mol. The summed E-state index contributed by atoms with van der Waals surface area (Å²) in [5.74, 6) is 1.09. The highest BCUT2D eigenvalue weighted by Gasteiger charge is 2.01. The first-order valence-corrected chi connectivity index (χ1v) is 6.11. The van der Waals surface area contributed by atoms with E-state index in [-0.39, 0.29) is 0 Å². The van der Waals surface area contributed by atoms with Gasteiger partial charge in [0.2, 0.25) is 0 Å². The van der Waals surface area contributed by atoms with Crippen molar-refractivity contribution in [1.29, 1.82) is 0 Å². The molecule has 0 saturated carbocycles. The molecule has 1 aromatic heterocycles. The zero-order valence-electron chi connectivity index (χ0n) is 10.4. The van der Waals surface area contributed by atoms with Crippen molar-refractivity contribution in [3.05, 3.63) is 47.9 Å². The minimum atomic E-state index is 0.299. The fourth-order valence-electron chi connectivity index (χ4n) is 1.73. The number of benzene rings is 1. The van der Waals surface area contributed by atoms with Gasteiger partial charge < -0.3 is 10.4 Å². The second-order valence-electron chi connectivity index (χ2n) is 4.13. The van der Waals surface area contributed by atoms with E-state index in [2.05, 4.69) is 22.2 Å². The van der Waals surface area contributed by atoms with Crippen LogP contribution in [-0.2, 0) is 13.0 Å². The maximum Gasteiger partial charge on any atom is 0.129 e. The zero-order chi connectivity index (χ0) is 12.8. The molecule has 0 saturated heterocycles. The molecule has 2 aromatic rings. The summed E-state index contributed by atoms with van der Waals surface area (Å²) in [6.07, 6.45) is 3.59. The van der Waals surface area contributed by atoms with Gasteiger partial charge in [0.1, 0.15) is 17.9 Å². The number of nitrogens with zero attached hydrogens (tertiary/aromatic N) is 2. The van der Waals surface area contributed by atoms with Crippen LogP contribution < -0.4 is 5.32 Å². The number of anilines is 1. The molecule has 0 bridgehead atoms.